The van der Waals surface area contributed by atoms with Crippen molar-refractivity contribution < 1.29 is 9.53 Å². The largest absolute Gasteiger partial charge is 0.462 e. The predicted octanol–water partition coefficient (Wildman–Crippen LogP) is 3.96. The number of hydrogen-bond acceptors (Lipinski definition) is 2. The molecular formula is C17H26O2. The Morgan fingerprint density at radius 2 is 1.84 bits per heavy atom. The molecule has 3 saturated carbocycles. The first-order chi connectivity index (χ1) is 9.29. The number of carbonyl (C=O) groups is 1. The van der Waals surface area contributed by atoms with E-state index >= 15 is 0 Å². The fourth-order valence-corrected chi connectivity index (χ4v) is 5.19. The molecule has 3 rings (SSSR count). The minimum absolute atomic E-state index is 0.252. The maximum absolute atomic E-state index is 11.3. The topological polar surface area (TPSA) is 26.3 Å². The Bertz CT molecular complexity index is 349. The fourth-order valence-electron chi connectivity index (χ4n) is 5.19. The SMILES string of the molecule is C=CC(=O)OCC1CCCC2C3CCCCC3CC12. The smallest absolute Gasteiger partial charge is 0.330 e. The van der Waals surface area contributed by atoms with Crippen molar-refractivity contribution in [3.8, 4) is 0 Å². The first kappa shape index (κ1) is 13.2. The molecule has 106 valence electrons. The molecule has 0 amide bonds. The summed E-state index contributed by atoms with van der Waals surface area (Å²) in [5.74, 6) is 4.12. The number of fused-ring (bicyclic) bond motifs is 3. The van der Waals surface area contributed by atoms with Crippen LogP contribution in [0, 0.1) is 29.6 Å². The highest BCUT2D eigenvalue weighted by Gasteiger charge is 2.47. The fraction of sp³-hybridized carbons (Fsp3) is 0.824. The quantitative estimate of drug-likeness (QED) is 0.568. The van der Waals surface area contributed by atoms with Crippen molar-refractivity contribution in [1.29, 1.82) is 0 Å². The van der Waals surface area contributed by atoms with Gasteiger partial charge in [0.2, 0.25) is 0 Å². The molecule has 0 bridgehead atoms. The normalized spacial score (nSPS) is 41.2. The highest BCUT2D eigenvalue weighted by atomic mass is 16.5. The molecule has 0 aromatic rings. The summed E-state index contributed by atoms with van der Waals surface area (Å²) >= 11 is 0. The number of hydrogen-bond donors (Lipinski definition) is 0. The third kappa shape index (κ3) is 2.59. The van der Waals surface area contributed by atoms with Crippen molar-refractivity contribution in [2.45, 2.75) is 51.4 Å². The van der Waals surface area contributed by atoms with Gasteiger partial charge in [-0.25, -0.2) is 4.79 Å². The molecular weight excluding hydrogens is 236 g/mol. The molecule has 5 unspecified atom stereocenters. The summed E-state index contributed by atoms with van der Waals surface area (Å²) in [5, 5.41) is 0. The maximum Gasteiger partial charge on any atom is 0.330 e. The lowest BCUT2D eigenvalue weighted by molar-refractivity contribution is -0.140. The minimum Gasteiger partial charge on any atom is -0.462 e. The third-order valence-corrected chi connectivity index (χ3v) is 5.97. The lowest BCUT2D eigenvalue weighted by atomic mass is 9.70. The van der Waals surface area contributed by atoms with Gasteiger partial charge in [-0.3, -0.25) is 0 Å². The zero-order valence-electron chi connectivity index (χ0n) is 11.9. The standard InChI is InChI=1S/C17H26O2/c1-2-17(18)19-11-13-7-5-9-15-14-8-4-3-6-12(14)10-16(13)15/h2,12-16H,1,3-11H2. The summed E-state index contributed by atoms with van der Waals surface area (Å²) in [4.78, 5) is 11.3. The van der Waals surface area contributed by atoms with Gasteiger partial charge in [-0.15, -0.1) is 0 Å². The average Bonchev–Trinajstić information content (AvgIpc) is 2.84. The molecule has 0 spiro atoms. The molecule has 0 aromatic carbocycles. The van der Waals surface area contributed by atoms with Crippen molar-refractivity contribution in [1.82, 2.24) is 0 Å². The molecule has 0 N–H and O–H groups in total. The molecule has 5 atom stereocenters. The van der Waals surface area contributed by atoms with Gasteiger partial charge in [0.1, 0.15) is 0 Å². The molecule has 19 heavy (non-hydrogen) atoms. The van der Waals surface area contributed by atoms with Crippen LogP contribution in [0.2, 0.25) is 0 Å². The summed E-state index contributed by atoms with van der Waals surface area (Å²) in [7, 11) is 0. The zero-order valence-corrected chi connectivity index (χ0v) is 11.9. The van der Waals surface area contributed by atoms with Crippen molar-refractivity contribution in [3.05, 3.63) is 12.7 Å². The van der Waals surface area contributed by atoms with E-state index in [9.17, 15) is 4.79 Å². The van der Waals surface area contributed by atoms with Gasteiger partial charge in [-0.2, -0.15) is 0 Å². The van der Waals surface area contributed by atoms with E-state index in [0.29, 0.717) is 12.5 Å². The van der Waals surface area contributed by atoms with Gasteiger partial charge >= 0.3 is 5.97 Å². The predicted molar refractivity (Wildman–Crippen MR) is 75.5 cm³/mol. The zero-order chi connectivity index (χ0) is 13.2. The molecule has 0 aliphatic heterocycles. The van der Waals surface area contributed by atoms with E-state index < -0.39 is 0 Å². The van der Waals surface area contributed by atoms with Gasteiger partial charge < -0.3 is 4.74 Å². The molecule has 0 aromatic heterocycles. The summed E-state index contributed by atoms with van der Waals surface area (Å²) in [5.41, 5.74) is 0. The van der Waals surface area contributed by atoms with Crippen LogP contribution >= 0.6 is 0 Å². The minimum atomic E-state index is -0.252. The molecule has 2 nitrogen and oxygen atoms in total. The average molecular weight is 262 g/mol. The molecule has 3 aliphatic carbocycles. The highest BCUT2D eigenvalue weighted by molar-refractivity contribution is 5.81. The van der Waals surface area contributed by atoms with Crippen LogP contribution in [-0.4, -0.2) is 12.6 Å². The van der Waals surface area contributed by atoms with Gasteiger partial charge in [0.25, 0.3) is 0 Å². The van der Waals surface area contributed by atoms with Crippen LogP contribution in [0.5, 0.6) is 0 Å². The molecule has 3 fully saturated rings. The Morgan fingerprint density at radius 1 is 1.05 bits per heavy atom. The lowest BCUT2D eigenvalue weighted by Gasteiger charge is -2.36. The van der Waals surface area contributed by atoms with E-state index in [1.807, 2.05) is 0 Å². The van der Waals surface area contributed by atoms with Crippen LogP contribution in [0.4, 0.5) is 0 Å². The van der Waals surface area contributed by atoms with Crippen LogP contribution in [0.15, 0.2) is 12.7 Å². The Kier molecular flexibility index (Phi) is 3.95. The van der Waals surface area contributed by atoms with Crippen molar-refractivity contribution in [2.24, 2.45) is 29.6 Å². The second-order valence-corrected chi connectivity index (χ2v) is 6.80. The Labute approximate surface area is 116 Å². The number of ether oxygens (including phenoxy) is 1. The van der Waals surface area contributed by atoms with Crippen molar-refractivity contribution in [2.75, 3.05) is 6.61 Å². The second kappa shape index (κ2) is 5.68. The van der Waals surface area contributed by atoms with E-state index in [2.05, 4.69) is 6.58 Å². The summed E-state index contributed by atoms with van der Waals surface area (Å²) < 4.78 is 5.34. The summed E-state index contributed by atoms with van der Waals surface area (Å²) in [6.07, 6.45) is 12.5. The van der Waals surface area contributed by atoms with Gasteiger partial charge in [-0.05, 0) is 55.3 Å². The van der Waals surface area contributed by atoms with Gasteiger partial charge in [0, 0.05) is 6.08 Å². The molecule has 0 radical (unpaired) electrons. The van der Waals surface area contributed by atoms with E-state index in [-0.39, 0.29) is 5.97 Å². The van der Waals surface area contributed by atoms with Crippen LogP contribution < -0.4 is 0 Å². The van der Waals surface area contributed by atoms with E-state index in [1.165, 1.54) is 57.4 Å². The molecule has 3 aliphatic rings. The number of carbonyl (C=O) groups excluding carboxylic acids is 1. The van der Waals surface area contributed by atoms with E-state index in [1.54, 1.807) is 0 Å². The highest BCUT2D eigenvalue weighted by Crippen LogP contribution is 2.55. The first-order valence-electron chi connectivity index (χ1n) is 8.08. The number of rotatable bonds is 3. The van der Waals surface area contributed by atoms with Crippen LogP contribution in [-0.2, 0) is 9.53 Å². The monoisotopic (exact) mass is 262 g/mol. The van der Waals surface area contributed by atoms with Crippen molar-refractivity contribution in [3.63, 3.8) is 0 Å². The third-order valence-electron chi connectivity index (χ3n) is 5.97. The number of esters is 1. The Hall–Kier alpha value is -0.790. The van der Waals surface area contributed by atoms with Gasteiger partial charge in [0.15, 0.2) is 0 Å². The van der Waals surface area contributed by atoms with Gasteiger partial charge in [-0.1, -0.05) is 32.3 Å². The first-order valence-corrected chi connectivity index (χ1v) is 8.08. The lowest BCUT2D eigenvalue weighted by Crippen LogP contribution is -2.31. The van der Waals surface area contributed by atoms with E-state index in [0.717, 1.165) is 23.7 Å². The summed E-state index contributed by atoms with van der Waals surface area (Å²) in [6, 6.07) is 0. The van der Waals surface area contributed by atoms with Crippen LogP contribution in [0.25, 0.3) is 0 Å². The van der Waals surface area contributed by atoms with Crippen molar-refractivity contribution >= 4 is 5.97 Å². The van der Waals surface area contributed by atoms with Gasteiger partial charge in [0.05, 0.1) is 6.61 Å². The Morgan fingerprint density at radius 3 is 2.68 bits per heavy atom. The summed E-state index contributed by atoms with van der Waals surface area (Å²) in [6.45, 7) is 4.11. The molecule has 2 heteroatoms. The maximum atomic E-state index is 11.3. The van der Waals surface area contributed by atoms with E-state index in [4.69, 9.17) is 4.74 Å². The second-order valence-electron chi connectivity index (χ2n) is 6.80. The van der Waals surface area contributed by atoms with Crippen LogP contribution in [0.3, 0.4) is 0 Å². The molecule has 0 heterocycles. The molecule has 0 saturated heterocycles. The Balaban J connectivity index is 1.63. The van der Waals surface area contributed by atoms with Crippen LogP contribution in [0.1, 0.15) is 51.4 Å².